The molecule has 9 heteroatoms. The number of rotatable bonds is 11. The Balaban J connectivity index is 1.60. The molecule has 2 aliphatic rings. The first-order chi connectivity index (χ1) is 22.4. The molecule has 4 aromatic carbocycles. The number of anilines is 2. The van der Waals surface area contributed by atoms with Gasteiger partial charge in [0.25, 0.3) is 5.91 Å². The van der Waals surface area contributed by atoms with Gasteiger partial charge in [-0.3, -0.25) is 4.79 Å². The maximum Gasteiger partial charge on any atom is 0.341 e. The molecule has 0 unspecified atom stereocenters. The Morgan fingerprint density at radius 1 is 0.826 bits per heavy atom. The number of amides is 1. The van der Waals surface area contributed by atoms with E-state index < -0.39 is 18.1 Å². The Morgan fingerprint density at radius 2 is 1.39 bits per heavy atom. The molecule has 0 saturated heterocycles. The number of benzene rings is 4. The number of carbonyl (C=O) groups is 2. The molecule has 0 bridgehead atoms. The molecule has 0 saturated carbocycles. The first-order valence-electron chi connectivity index (χ1n) is 15.8. The highest BCUT2D eigenvalue weighted by molar-refractivity contribution is 6.03. The summed E-state index contributed by atoms with van der Waals surface area (Å²) in [6.45, 7) is 11.3. The minimum Gasteiger partial charge on any atom is -0.481 e. The SMILES string of the molecule is CCN(CC)c1ccc2c(c1)Oc1cc(N(CC)CC)ccc1C21c2ccccc2C(=O)N1/N=C/c1ccccc1OCC(=O)O. The van der Waals surface area contributed by atoms with Gasteiger partial charge < -0.3 is 24.4 Å². The number of aliphatic carboxylic acids is 1. The van der Waals surface area contributed by atoms with E-state index in [4.69, 9.17) is 14.6 Å². The van der Waals surface area contributed by atoms with Crippen LogP contribution in [0.15, 0.2) is 90.0 Å². The van der Waals surface area contributed by atoms with Crippen molar-refractivity contribution in [1.82, 2.24) is 5.01 Å². The van der Waals surface area contributed by atoms with Gasteiger partial charge in [-0.2, -0.15) is 5.10 Å². The number of fused-ring (bicyclic) bond motifs is 6. The smallest absolute Gasteiger partial charge is 0.341 e. The van der Waals surface area contributed by atoms with Crippen molar-refractivity contribution in [3.8, 4) is 17.2 Å². The van der Waals surface area contributed by atoms with Crippen LogP contribution in [-0.4, -0.2) is 61.0 Å². The van der Waals surface area contributed by atoms with Crippen molar-refractivity contribution in [3.63, 3.8) is 0 Å². The summed E-state index contributed by atoms with van der Waals surface area (Å²) in [5.41, 5.74) is 4.43. The van der Waals surface area contributed by atoms with Gasteiger partial charge in [0.05, 0.1) is 6.21 Å². The summed E-state index contributed by atoms with van der Waals surface area (Å²) in [5, 5.41) is 15.6. The first-order valence-corrected chi connectivity index (χ1v) is 15.8. The first kappa shape index (κ1) is 30.7. The third-order valence-corrected chi connectivity index (χ3v) is 8.83. The Hall–Kier alpha value is -5.31. The molecule has 1 N–H and O–H groups in total. The quantitative estimate of drug-likeness (QED) is 0.186. The van der Waals surface area contributed by atoms with Crippen LogP contribution in [0.25, 0.3) is 0 Å². The maximum absolute atomic E-state index is 14.4. The molecule has 9 nitrogen and oxygen atoms in total. The molecular formula is C37H38N4O5. The molecule has 236 valence electrons. The lowest BCUT2D eigenvalue weighted by atomic mass is 9.75. The second kappa shape index (κ2) is 12.6. The molecular weight excluding hydrogens is 580 g/mol. The number of carboxylic acids is 1. The number of ether oxygens (including phenoxy) is 2. The van der Waals surface area contributed by atoms with Gasteiger partial charge in [-0.1, -0.05) is 42.5 Å². The fraction of sp³-hybridized carbons (Fsp3) is 0.270. The molecule has 1 spiro atoms. The summed E-state index contributed by atoms with van der Waals surface area (Å²) in [6, 6.07) is 27.0. The number of hydrogen-bond donors (Lipinski definition) is 1. The van der Waals surface area contributed by atoms with E-state index in [1.165, 1.54) is 0 Å². The van der Waals surface area contributed by atoms with E-state index in [2.05, 4.69) is 61.8 Å². The highest BCUT2D eigenvalue weighted by Crippen LogP contribution is 2.58. The average Bonchev–Trinajstić information content (AvgIpc) is 3.32. The van der Waals surface area contributed by atoms with Crippen LogP contribution >= 0.6 is 0 Å². The summed E-state index contributed by atoms with van der Waals surface area (Å²) in [6.07, 6.45) is 1.56. The van der Waals surface area contributed by atoms with Gasteiger partial charge in [0.1, 0.15) is 22.8 Å². The topological polar surface area (TPSA) is 94.9 Å². The van der Waals surface area contributed by atoms with Crippen LogP contribution in [0.5, 0.6) is 17.2 Å². The van der Waals surface area contributed by atoms with Crippen molar-refractivity contribution in [2.45, 2.75) is 33.2 Å². The highest BCUT2D eigenvalue weighted by atomic mass is 16.5. The van der Waals surface area contributed by atoms with E-state index in [1.807, 2.05) is 42.5 Å². The van der Waals surface area contributed by atoms with Gasteiger partial charge >= 0.3 is 5.97 Å². The van der Waals surface area contributed by atoms with Crippen molar-refractivity contribution in [1.29, 1.82) is 0 Å². The molecule has 0 fully saturated rings. The summed E-state index contributed by atoms with van der Waals surface area (Å²) in [5.74, 6) is 0.328. The van der Waals surface area contributed by atoms with Gasteiger partial charge in [-0.25, -0.2) is 9.80 Å². The van der Waals surface area contributed by atoms with Crippen molar-refractivity contribution < 1.29 is 24.2 Å². The molecule has 2 aliphatic heterocycles. The van der Waals surface area contributed by atoms with E-state index in [9.17, 15) is 14.7 Å². The van der Waals surface area contributed by atoms with E-state index in [1.54, 1.807) is 29.4 Å². The molecule has 6 rings (SSSR count). The largest absolute Gasteiger partial charge is 0.481 e. The molecule has 4 aromatic rings. The monoisotopic (exact) mass is 618 g/mol. The molecule has 0 radical (unpaired) electrons. The van der Waals surface area contributed by atoms with E-state index in [-0.39, 0.29) is 5.91 Å². The average molecular weight is 619 g/mol. The lowest BCUT2D eigenvalue weighted by Crippen LogP contribution is -2.44. The van der Waals surface area contributed by atoms with Gasteiger partial charge in [-0.05, 0) is 58.0 Å². The maximum atomic E-state index is 14.4. The summed E-state index contributed by atoms with van der Waals surface area (Å²) in [7, 11) is 0. The summed E-state index contributed by atoms with van der Waals surface area (Å²) < 4.78 is 12.3. The highest BCUT2D eigenvalue weighted by Gasteiger charge is 2.57. The van der Waals surface area contributed by atoms with Gasteiger partial charge in [-0.15, -0.1) is 0 Å². The summed E-state index contributed by atoms with van der Waals surface area (Å²) >= 11 is 0. The van der Waals surface area contributed by atoms with Gasteiger partial charge in [0, 0.05) is 77.5 Å². The molecule has 0 aliphatic carbocycles. The Labute approximate surface area is 269 Å². The minimum atomic E-state index is -1.13. The number of carbonyl (C=O) groups excluding carboxylic acids is 1. The zero-order valence-corrected chi connectivity index (χ0v) is 26.6. The van der Waals surface area contributed by atoms with Gasteiger partial charge in [0.2, 0.25) is 0 Å². The van der Waals surface area contributed by atoms with Crippen LogP contribution in [0.4, 0.5) is 11.4 Å². The van der Waals surface area contributed by atoms with E-state index >= 15 is 0 Å². The van der Waals surface area contributed by atoms with Crippen LogP contribution < -0.4 is 19.3 Å². The number of carboxylic acid groups (broad SMARTS) is 1. The van der Waals surface area contributed by atoms with Crippen molar-refractivity contribution in [3.05, 3.63) is 113 Å². The van der Waals surface area contributed by atoms with Crippen LogP contribution in [0.3, 0.4) is 0 Å². The lowest BCUT2D eigenvalue weighted by molar-refractivity contribution is -0.139. The molecule has 2 heterocycles. The van der Waals surface area contributed by atoms with Crippen LogP contribution in [0.2, 0.25) is 0 Å². The lowest BCUT2D eigenvalue weighted by Gasteiger charge is -2.42. The fourth-order valence-corrected chi connectivity index (χ4v) is 6.62. The molecule has 0 atom stereocenters. The zero-order valence-electron chi connectivity index (χ0n) is 26.6. The number of nitrogens with zero attached hydrogens (tertiary/aromatic N) is 4. The molecule has 1 amide bonds. The van der Waals surface area contributed by atoms with Crippen LogP contribution in [0, 0.1) is 0 Å². The third-order valence-electron chi connectivity index (χ3n) is 8.83. The molecule has 46 heavy (non-hydrogen) atoms. The van der Waals surface area contributed by atoms with Crippen molar-refractivity contribution in [2.24, 2.45) is 5.10 Å². The predicted octanol–water partition coefficient (Wildman–Crippen LogP) is 6.73. The normalized spacial score (nSPS) is 14.1. The van der Waals surface area contributed by atoms with Crippen molar-refractivity contribution >= 4 is 29.5 Å². The van der Waals surface area contributed by atoms with E-state index in [0.717, 1.165) is 54.2 Å². The number of hydrogen-bond acceptors (Lipinski definition) is 7. The van der Waals surface area contributed by atoms with E-state index in [0.29, 0.717) is 28.4 Å². The van der Waals surface area contributed by atoms with Crippen LogP contribution in [-0.2, 0) is 10.3 Å². The van der Waals surface area contributed by atoms with Crippen LogP contribution in [0.1, 0.15) is 60.3 Å². The Morgan fingerprint density at radius 3 is 1.98 bits per heavy atom. The third kappa shape index (κ3) is 5.01. The predicted molar refractivity (Wildman–Crippen MR) is 180 cm³/mol. The number of para-hydroxylation sites is 1. The zero-order chi connectivity index (χ0) is 32.4. The fourth-order valence-electron chi connectivity index (χ4n) is 6.62. The Kier molecular flexibility index (Phi) is 8.41. The minimum absolute atomic E-state index is 0.254. The Bertz CT molecular complexity index is 1750. The summed E-state index contributed by atoms with van der Waals surface area (Å²) in [4.78, 5) is 30.1. The second-order valence-electron chi connectivity index (χ2n) is 11.1. The van der Waals surface area contributed by atoms with Gasteiger partial charge in [0.15, 0.2) is 6.61 Å². The second-order valence-corrected chi connectivity index (χ2v) is 11.1. The standard InChI is InChI=1S/C37H38N4O5/c1-5-39(6-2)26-17-19-30-33(21-26)46-34-22-27(40(7-3)8-4)18-20-31(34)37(30)29-15-11-10-14-28(29)36(44)41(37)38-23-25-13-9-12-16-32(25)45-24-35(42)43/h9-23H,5-8,24H2,1-4H3,(H,42,43)/b38-23+. The molecule has 0 aromatic heterocycles. The van der Waals surface area contributed by atoms with Crippen molar-refractivity contribution in [2.75, 3.05) is 42.6 Å². The number of hydrazone groups is 1.